The molecule has 26 heteroatoms. The minimum absolute atomic E-state index is 0.0450. The van der Waals surface area contributed by atoms with E-state index in [0.717, 1.165) is 41.4 Å². The number of phenols is 1. The van der Waals surface area contributed by atoms with Crippen LogP contribution in [-0.4, -0.2) is 117 Å². The van der Waals surface area contributed by atoms with Gasteiger partial charge in [-0.2, -0.15) is 28.8 Å². The Labute approximate surface area is 369 Å². The lowest BCUT2D eigenvalue weighted by molar-refractivity contribution is -0.135. The summed E-state index contributed by atoms with van der Waals surface area (Å²) in [4.78, 5) is 58.7. The molecule has 0 fully saturated rings. The van der Waals surface area contributed by atoms with E-state index in [1.54, 1.807) is 0 Å². The Morgan fingerprint density at radius 3 is 1.85 bits per heavy atom. The first-order valence-electron chi connectivity index (χ1n) is 18.6. The van der Waals surface area contributed by atoms with Gasteiger partial charge in [-0.1, -0.05) is 0 Å². The molecule has 0 aliphatic carbocycles. The zero-order chi connectivity index (χ0) is 47.9. The second-order valence-electron chi connectivity index (χ2n) is 13.4. The lowest BCUT2D eigenvalue weighted by atomic mass is 10.1. The molecule has 0 spiro atoms. The summed E-state index contributed by atoms with van der Waals surface area (Å²) in [6.45, 7) is -1.76. The lowest BCUT2D eigenvalue weighted by Gasteiger charge is -2.13. The number of rotatable bonds is 19. The number of benzene rings is 5. The molecule has 8 N–H and O–H groups in total. The van der Waals surface area contributed by atoms with Gasteiger partial charge in [0.25, 0.3) is 16.0 Å². The average Bonchev–Trinajstić information content (AvgIpc) is 3.58. The third-order valence-electron chi connectivity index (χ3n) is 9.02. The number of carbonyl (C=O) groups excluding carboxylic acids is 1. The highest BCUT2D eigenvalue weighted by Gasteiger charge is 2.38. The Bertz CT molecular complexity index is 3030. The number of aliphatic hydroxyl groups is 2. The molecule has 1 aliphatic rings. The van der Waals surface area contributed by atoms with Gasteiger partial charge in [-0.05, 0) is 72.1 Å². The van der Waals surface area contributed by atoms with Crippen LogP contribution in [0.1, 0.15) is 37.5 Å². The monoisotopic (exact) mass is 928 g/mol. The van der Waals surface area contributed by atoms with Crippen LogP contribution in [0.3, 0.4) is 0 Å². The molecule has 1 amide bonds. The predicted octanol–water partition coefficient (Wildman–Crippen LogP) is 5.79. The van der Waals surface area contributed by atoms with E-state index in [0.29, 0.717) is 0 Å². The second kappa shape index (κ2) is 19.8. The van der Waals surface area contributed by atoms with Crippen molar-refractivity contribution in [3.8, 4) is 17.2 Å². The zero-order valence-corrected chi connectivity index (χ0v) is 34.2. The number of aliphatic carboxylic acids is 1. The van der Waals surface area contributed by atoms with Gasteiger partial charge in [0.05, 0.1) is 53.4 Å². The van der Waals surface area contributed by atoms with E-state index in [2.05, 4.69) is 35.8 Å². The molecule has 0 saturated heterocycles. The molecule has 1 heterocycles. The van der Waals surface area contributed by atoms with Gasteiger partial charge in [0.1, 0.15) is 52.4 Å². The first-order valence-corrected chi connectivity index (χ1v) is 20.1. The Balaban J connectivity index is 1.37. The second-order valence-corrected chi connectivity index (χ2v) is 14.8. The first kappa shape index (κ1) is 46.9. The average molecular weight is 929 g/mol. The number of aliphatic hydroxyl groups excluding tert-OH is 2. The molecule has 5 aromatic carbocycles. The zero-order valence-electron chi connectivity index (χ0n) is 33.4. The van der Waals surface area contributed by atoms with E-state index in [-0.39, 0.29) is 80.8 Å². The van der Waals surface area contributed by atoms with Gasteiger partial charge in [-0.25, -0.2) is 14.4 Å². The number of azo groups is 3. The van der Waals surface area contributed by atoms with E-state index in [1.807, 2.05) is 0 Å². The normalized spacial score (nSPS) is 14.1. The van der Waals surface area contributed by atoms with Gasteiger partial charge >= 0.3 is 23.9 Å². The molecule has 0 radical (unpaired) electrons. The molecular formula is C40H32N8O17S. The number of phenolic OH excluding ortho intramolecular Hbond substituents is 1. The minimum Gasteiger partial charge on any atom is -0.505 e. The van der Waals surface area contributed by atoms with Crippen LogP contribution in [0, 0.1) is 0 Å². The third kappa shape index (κ3) is 10.6. The van der Waals surface area contributed by atoms with Crippen molar-refractivity contribution in [3.63, 3.8) is 0 Å². The fraction of sp³-hybridized carbons (Fsp3) is 0.150. The number of anilines is 1. The molecular weight excluding hydrogens is 897 g/mol. The van der Waals surface area contributed by atoms with Gasteiger partial charge in [0.2, 0.25) is 0 Å². The molecule has 0 bridgehead atoms. The summed E-state index contributed by atoms with van der Waals surface area (Å²) >= 11 is 0. The third-order valence-corrected chi connectivity index (χ3v) is 9.88. The first-order chi connectivity index (χ1) is 31.4. The summed E-state index contributed by atoms with van der Waals surface area (Å²) in [5.74, 6) is -7.48. The number of aromatic hydroxyl groups is 1. The van der Waals surface area contributed by atoms with Crippen molar-refractivity contribution in [2.75, 3.05) is 31.4 Å². The van der Waals surface area contributed by atoms with E-state index in [9.17, 15) is 72.7 Å². The van der Waals surface area contributed by atoms with Crippen LogP contribution in [0.25, 0.3) is 10.8 Å². The maximum Gasteiger partial charge on any atom is 0.337 e. The fourth-order valence-electron chi connectivity index (χ4n) is 6.02. The Morgan fingerprint density at radius 2 is 1.29 bits per heavy atom. The number of nitrogens with zero attached hydrogens (tertiary/aromatic N) is 8. The quantitative estimate of drug-likeness (QED) is 0.0359. The largest absolute Gasteiger partial charge is 0.505 e. The Morgan fingerprint density at radius 1 is 0.697 bits per heavy atom. The standard InChI is InChI=1S/C40H32N8O17S/c49-9-11-64-30-17-28(31(65-12-10-50)16-27(30)43-42-26-14-20(39(57)58)3-7-25(26)40(59)60)44-46-35-32(66(61,62)63)15-21-13-22(4-8-24(21)36(35)53)41-45-34-29(18-33(51)52)47-48(37(34)54)23-5-1-19(2-6-23)38(55)56/h1-8,13-17,34,49-50,53H,9-12,18H2,(H,51,52)(H,55,56)(H,57,58)(H,59,60)(H,61,62,63)/b43-42+,45-41+,46-44+. The molecule has 5 aromatic rings. The van der Waals surface area contributed by atoms with Gasteiger partial charge in [-0.3, -0.25) is 14.1 Å². The number of hydrogen-bond acceptors (Lipinski definition) is 19. The van der Waals surface area contributed by atoms with Crippen molar-refractivity contribution in [1.82, 2.24) is 0 Å². The summed E-state index contributed by atoms with van der Waals surface area (Å²) in [6.07, 6.45) is -0.721. The number of fused-ring (bicyclic) bond motifs is 1. The van der Waals surface area contributed by atoms with Crippen molar-refractivity contribution in [3.05, 3.63) is 95.6 Å². The number of carboxylic acid groups (broad SMARTS) is 4. The van der Waals surface area contributed by atoms with Gasteiger partial charge < -0.3 is 45.2 Å². The number of amides is 1. The summed E-state index contributed by atoms with van der Waals surface area (Å²) in [7, 11) is -5.20. The van der Waals surface area contributed by atoms with Gasteiger partial charge in [-0.15, -0.1) is 20.5 Å². The maximum absolute atomic E-state index is 13.4. The van der Waals surface area contributed by atoms with Crippen molar-refractivity contribution >= 4 is 90.5 Å². The van der Waals surface area contributed by atoms with Gasteiger partial charge in [0, 0.05) is 17.5 Å². The van der Waals surface area contributed by atoms with Crippen molar-refractivity contribution in [1.29, 1.82) is 0 Å². The van der Waals surface area contributed by atoms with E-state index in [1.165, 1.54) is 42.5 Å². The van der Waals surface area contributed by atoms with Crippen LogP contribution in [0.15, 0.2) is 120 Å². The van der Waals surface area contributed by atoms with E-state index in [4.69, 9.17) is 9.47 Å². The molecule has 1 atom stereocenters. The SMILES string of the molecule is O=C(O)CC1=NN(c2ccc(C(=O)O)cc2)C(=O)C1/N=N/c1ccc2c(O)c(/N=N/c3cc(OCCO)c(/N=N/c4cc(C(=O)O)ccc4C(=O)O)cc3OCCO)c(S(=O)(=O)O)cc2c1. The van der Waals surface area contributed by atoms with Crippen LogP contribution >= 0.6 is 0 Å². The van der Waals surface area contributed by atoms with Crippen molar-refractivity contribution in [2.24, 2.45) is 35.8 Å². The summed E-state index contributed by atoms with van der Waals surface area (Å²) in [6, 6.07) is 13.4. The number of ether oxygens (including phenoxy) is 2. The molecule has 25 nitrogen and oxygen atoms in total. The number of aromatic carboxylic acids is 3. The highest BCUT2D eigenvalue weighted by Crippen LogP contribution is 2.45. The molecule has 1 aliphatic heterocycles. The Kier molecular flexibility index (Phi) is 14.1. The molecule has 1 unspecified atom stereocenters. The number of carboxylic acids is 4. The molecule has 6 rings (SSSR count). The summed E-state index contributed by atoms with van der Waals surface area (Å²) in [5, 5.41) is 96.6. The smallest absolute Gasteiger partial charge is 0.337 e. The number of hydrazone groups is 1. The number of carbonyl (C=O) groups is 5. The predicted molar refractivity (Wildman–Crippen MR) is 225 cm³/mol. The summed E-state index contributed by atoms with van der Waals surface area (Å²) < 4.78 is 46.8. The minimum atomic E-state index is -5.20. The number of hydrogen-bond donors (Lipinski definition) is 8. The van der Waals surface area contributed by atoms with E-state index < -0.39 is 87.5 Å². The van der Waals surface area contributed by atoms with E-state index >= 15 is 0 Å². The van der Waals surface area contributed by atoms with Crippen LogP contribution in [-0.2, 0) is 19.7 Å². The lowest BCUT2D eigenvalue weighted by Crippen LogP contribution is -2.31. The van der Waals surface area contributed by atoms with Crippen LogP contribution < -0.4 is 14.5 Å². The summed E-state index contributed by atoms with van der Waals surface area (Å²) in [5.41, 5.74) is -2.56. The highest BCUT2D eigenvalue weighted by atomic mass is 32.2. The molecule has 0 saturated carbocycles. The van der Waals surface area contributed by atoms with Gasteiger partial charge in [0.15, 0.2) is 11.8 Å². The maximum atomic E-state index is 13.4. The van der Waals surface area contributed by atoms with Crippen LogP contribution in [0.2, 0.25) is 0 Å². The molecule has 66 heavy (non-hydrogen) atoms. The Hall–Kier alpha value is -8.59. The van der Waals surface area contributed by atoms with Crippen LogP contribution in [0.5, 0.6) is 17.2 Å². The fourth-order valence-corrected chi connectivity index (χ4v) is 6.68. The van der Waals surface area contributed by atoms with Crippen molar-refractivity contribution < 1.29 is 82.2 Å². The molecule has 340 valence electrons. The van der Waals surface area contributed by atoms with Crippen molar-refractivity contribution in [2.45, 2.75) is 17.4 Å². The molecule has 0 aromatic heterocycles. The highest BCUT2D eigenvalue weighted by molar-refractivity contribution is 7.86. The topological polar surface area (TPSA) is 390 Å². The van der Waals surface area contributed by atoms with Crippen LogP contribution in [0.4, 0.5) is 34.1 Å².